The highest BCUT2D eigenvalue weighted by Crippen LogP contribution is 2.37. The molecule has 0 aliphatic rings. The van der Waals surface area contributed by atoms with E-state index in [1.54, 1.807) is 23.6 Å². The van der Waals surface area contributed by atoms with Gasteiger partial charge in [0.25, 0.3) is 5.56 Å². The Balaban J connectivity index is 2.16. The lowest BCUT2D eigenvalue weighted by Gasteiger charge is -2.06. The summed E-state index contributed by atoms with van der Waals surface area (Å²) in [4.78, 5) is 27.3. The van der Waals surface area contributed by atoms with E-state index in [2.05, 4.69) is 15.0 Å². The van der Waals surface area contributed by atoms with Crippen LogP contribution in [0.3, 0.4) is 0 Å². The zero-order valence-electron chi connectivity index (χ0n) is 13.5. The summed E-state index contributed by atoms with van der Waals surface area (Å²) in [6, 6.07) is 11.5. The van der Waals surface area contributed by atoms with E-state index in [1.165, 1.54) is 11.3 Å². The molecule has 7 heteroatoms. The van der Waals surface area contributed by atoms with E-state index in [0.717, 1.165) is 21.8 Å². The molecule has 0 N–H and O–H groups in total. The standard InChI is InChI=1S/C18H13ClN4OS/c1-10-11(2)21-18-23(16(10)24)14(12-6-4-3-5-7-12)15(25-18)13-8-9-20-17(19)22-13/h3-9H,1-2H3. The molecule has 0 saturated heterocycles. The summed E-state index contributed by atoms with van der Waals surface area (Å²) < 4.78 is 1.66. The van der Waals surface area contributed by atoms with Crippen molar-refractivity contribution in [1.29, 1.82) is 0 Å². The van der Waals surface area contributed by atoms with Crippen molar-refractivity contribution in [3.05, 3.63) is 69.5 Å². The fourth-order valence-corrected chi connectivity index (χ4v) is 3.99. The predicted molar refractivity (Wildman–Crippen MR) is 100 cm³/mol. The van der Waals surface area contributed by atoms with Crippen molar-refractivity contribution in [3.8, 4) is 21.8 Å². The third-order valence-corrected chi connectivity index (χ3v) is 5.30. The molecule has 124 valence electrons. The van der Waals surface area contributed by atoms with Crippen LogP contribution in [0, 0.1) is 13.8 Å². The van der Waals surface area contributed by atoms with E-state index in [1.807, 2.05) is 37.3 Å². The third kappa shape index (κ3) is 2.63. The average Bonchev–Trinajstić information content (AvgIpc) is 3.00. The zero-order chi connectivity index (χ0) is 17.6. The first kappa shape index (κ1) is 15.9. The maximum atomic E-state index is 12.9. The summed E-state index contributed by atoms with van der Waals surface area (Å²) in [5.41, 5.74) is 3.67. The van der Waals surface area contributed by atoms with Gasteiger partial charge in [-0.15, -0.1) is 0 Å². The Hall–Kier alpha value is -2.57. The smallest absolute Gasteiger partial charge is 0.262 e. The van der Waals surface area contributed by atoms with Gasteiger partial charge < -0.3 is 0 Å². The van der Waals surface area contributed by atoms with Crippen LogP contribution in [0.1, 0.15) is 11.3 Å². The topological polar surface area (TPSA) is 60.1 Å². The minimum absolute atomic E-state index is 0.0657. The van der Waals surface area contributed by atoms with Crippen molar-refractivity contribution < 1.29 is 0 Å². The van der Waals surface area contributed by atoms with Crippen molar-refractivity contribution in [3.63, 3.8) is 0 Å². The van der Waals surface area contributed by atoms with Crippen LogP contribution in [0.2, 0.25) is 5.28 Å². The number of benzene rings is 1. The first-order valence-electron chi connectivity index (χ1n) is 7.63. The van der Waals surface area contributed by atoms with Crippen LogP contribution in [-0.4, -0.2) is 19.4 Å². The number of fused-ring (bicyclic) bond motifs is 1. The van der Waals surface area contributed by atoms with Crippen molar-refractivity contribution in [2.24, 2.45) is 0 Å². The maximum absolute atomic E-state index is 12.9. The lowest BCUT2D eigenvalue weighted by Crippen LogP contribution is -2.18. The van der Waals surface area contributed by atoms with Crippen LogP contribution in [0.5, 0.6) is 0 Å². The fraction of sp³-hybridized carbons (Fsp3) is 0.111. The molecule has 0 radical (unpaired) electrons. The molecule has 0 saturated carbocycles. The van der Waals surface area contributed by atoms with Crippen molar-refractivity contribution in [2.45, 2.75) is 13.8 Å². The van der Waals surface area contributed by atoms with Gasteiger partial charge in [0.05, 0.1) is 16.3 Å². The summed E-state index contributed by atoms with van der Waals surface area (Å²) in [5, 5.41) is 0.168. The molecule has 3 heterocycles. The molecule has 0 bridgehead atoms. The lowest BCUT2D eigenvalue weighted by atomic mass is 10.1. The second-order valence-electron chi connectivity index (χ2n) is 5.60. The van der Waals surface area contributed by atoms with Gasteiger partial charge in [-0.3, -0.25) is 9.20 Å². The van der Waals surface area contributed by atoms with Gasteiger partial charge in [-0.2, -0.15) is 0 Å². The lowest BCUT2D eigenvalue weighted by molar-refractivity contribution is 1.01. The second-order valence-corrected chi connectivity index (χ2v) is 6.92. The molecule has 0 aliphatic carbocycles. The summed E-state index contributed by atoms with van der Waals surface area (Å²) in [6.07, 6.45) is 1.61. The van der Waals surface area contributed by atoms with Crippen molar-refractivity contribution in [2.75, 3.05) is 0 Å². The SMILES string of the molecule is Cc1nc2sc(-c3ccnc(Cl)n3)c(-c3ccccc3)n2c(=O)c1C. The summed E-state index contributed by atoms with van der Waals surface area (Å²) in [6.45, 7) is 3.64. The Bertz CT molecular complexity index is 1150. The number of rotatable bonds is 2. The normalized spacial score (nSPS) is 11.2. The molecular formula is C18H13ClN4OS. The molecule has 0 atom stereocenters. The van der Waals surface area contributed by atoms with Gasteiger partial charge >= 0.3 is 0 Å². The Kier molecular flexibility index (Phi) is 3.86. The largest absolute Gasteiger partial charge is 0.269 e. The second kappa shape index (κ2) is 6.06. The highest BCUT2D eigenvalue weighted by molar-refractivity contribution is 7.20. The number of nitrogens with zero attached hydrogens (tertiary/aromatic N) is 4. The van der Waals surface area contributed by atoms with Gasteiger partial charge in [-0.05, 0) is 31.5 Å². The molecule has 0 aliphatic heterocycles. The number of thiazole rings is 1. The number of aryl methyl sites for hydroxylation is 1. The van der Waals surface area contributed by atoms with Crippen LogP contribution in [-0.2, 0) is 0 Å². The monoisotopic (exact) mass is 368 g/mol. The molecule has 25 heavy (non-hydrogen) atoms. The molecule has 0 unspecified atom stereocenters. The Morgan fingerprint density at radius 3 is 2.56 bits per heavy atom. The Morgan fingerprint density at radius 2 is 1.84 bits per heavy atom. The zero-order valence-corrected chi connectivity index (χ0v) is 15.1. The number of hydrogen-bond donors (Lipinski definition) is 0. The predicted octanol–water partition coefficient (Wildman–Crippen LogP) is 4.15. The quantitative estimate of drug-likeness (QED) is 0.499. The van der Waals surface area contributed by atoms with Crippen LogP contribution in [0.4, 0.5) is 0 Å². The first-order chi connectivity index (χ1) is 12.1. The molecule has 4 rings (SSSR count). The van der Waals surface area contributed by atoms with E-state index in [0.29, 0.717) is 16.2 Å². The van der Waals surface area contributed by atoms with E-state index >= 15 is 0 Å². The average molecular weight is 369 g/mol. The summed E-state index contributed by atoms with van der Waals surface area (Å²) in [7, 11) is 0. The molecule has 5 nitrogen and oxygen atoms in total. The molecule has 1 aromatic carbocycles. The Labute approximate surface area is 152 Å². The van der Waals surface area contributed by atoms with Gasteiger partial charge in [-0.25, -0.2) is 15.0 Å². The van der Waals surface area contributed by atoms with Gasteiger partial charge in [-0.1, -0.05) is 41.7 Å². The van der Waals surface area contributed by atoms with Crippen LogP contribution in [0.15, 0.2) is 47.4 Å². The number of halogens is 1. The third-order valence-electron chi connectivity index (χ3n) is 4.06. The van der Waals surface area contributed by atoms with E-state index in [-0.39, 0.29) is 10.8 Å². The maximum Gasteiger partial charge on any atom is 0.262 e. The van der Waals surface area contributed by atoms with Crippen molar-refractivity contribution >= 4 is 27.9 Å². The van der Waals surface area contributed by atoms with E-state index in [4.69, 9.17) is 11.6 Å². The number of hydrogen-bond acceptors (Lipinski definition) is 5. The van der Waals surface area contributed by atoms with E-state index < -0.39 is 0 Å². The fourth-order valence-electron chi connectivity index (χ4n) is 2.68. The first-order valence-corrected chi connectivity index (χ1v) is 8.83. The minimum Gasteiger partial charge on any atom is -0.269 e. The Morgan fingerprint density at radius 1 is 1.08 bits per heavy atom. The molecule has 0 spiro atoms. The molecule has 4 aromatic rings. The van der Waals surface area contributed by atoms with Crippen LogP contribution < -0.4 is 5.56 Å². The highest BCUT2D eigenvalue weighted by atomic mass is 35.5. The van der Waals surface area contributed by atoms with Crippen LogP contribution in [0.25, 0.3) is 26.8 Å². The van der Waals surface area contributed by atoms with Gasteiger partial charge in [0.1, 0.15) is 0 Å². The van der Waals surface area contributed by atoms with E-state index in [9.17, 15) is 4.79 Å². The minimum atomic E-state index is -0.0657. The molecular weight excluding hydrogens is 356 g/mol. The molecule has 0 fully saturated rings. The van der Waals surface area contributed by atoms with Gasteiger partial charge in [0.15, 0.2) is 4.96 Å². The van der Waals surface area contributed by atoms with Crippen LogP contribution >= 0.6 is 22.9 Å². The molecule has 3 aromatic heterocycles. The highest BCUT2D eigenvalue weighted by Gasteiger charge is 2.20. The summed E-state index contributed by atoms with van der Waals surface area (Å²) >= 11 is 7.39. The summed E-state index contributed by atoms with van der Waals surface area (Å²) in [5.74, 6) is 0. The number of aromatic nitrogens is 4. The molecule has 0 amide bonds. The van der Waals surface area contributed by atoms with Gasteiger partial charge in [0, 0.05) is 23.0 Å². The van der Waals surface area contributed by atoms with Gasteiger partial charge in [0.2, 0.25) is 5.28 Å². The van der Waals surface area contributed by atoms with Crippen molar-refractivity contribution in [1.82, 2.24) is 19.4 Å².